The standard InChI is InChI=1S/C11H15N5.C5H10O2/c1-9(12)6-16(13)8-10-7-15-5-3-2-4-11(15)14-10;1-5(2,3)7-4-6/h2-7H,8,12-13H2,1H3;4H,1-3H3/b9-6-;. The molecule has 0 unspecified atom stereocenters. The van der Waals surface area contributed by atoms with Crippen LogP contribution >= 0.6 is 0 Å². The van der Waals surface area contributed by atoms with Crippen molar-refractivity contribution < 1.29 is 9.53 Å². The van der Waals surface area contributed by atoms with E-state index < -0.39 is 0 Å². The van der Waals surface area contributed by atoms with Crippen molar-refractivity contribution in [1.29, 1.82) is 0 Å². The zero-order valence-electron chi connectivity index (χ0n) is 14.1. The van der Waals surface area contributed by atoms with E-state index in [-0.39, 0.29) is 5.60 Å². The summed E-state index contributed by atoms with van der Waals surface area (Å²) in [5.74, 6) is 5.76. The van der Waals surface area contributed by atoms with Gasteiger partial charge in [-0.15, -0.1) is 0 Å². The molecular weight excluding hydrogens is 294 g/mol. The fourth-order valence-electron chi connectivity index (χ4n) is 1.70. The van der Waals surface area contributed by atoms with Gasteiger partial charge < -0.3 is 19.9 Å². The van der Waals surface area contributed by atoms with Crippen LogP contribution in [0.25, 0.3) is 5.65 Å². The van der Waals surface area contributed by atoms with Crippen molar-refractivity contribution in [1.82, 2.24) is 14.4 Å². The molecular formula is C16H25N5O2. The number of rotatable bonds is 4. The van der Waals surface area contributed by atoms with Gasteiger partial charge in [0.15, 0.2) is 0 Å². The molecule has 0 saturated carbocycles. The van der Waals surface area contributed by atoms with Crippen molar-refractivity contribution >= 4 is 12.1 Å². The molecule has 0 amide bonds. The second-order valence-corrected chi connectivity index (χ2v) is 6.07. The van der Waals surface area contributed by atoms with Crippen LogP contribution in [0.15, 0.2) is 42.5 Å². The van der Waals surface area contributed by atoms with Gasteiger partial charge >= 0.3 is 0 Å². The first-order valence-electron chi connectivity index (χ1n) is 7.20. The largest absolute Gasteiger partial charge is 0.462 e. The van der Waals surface area contributed by atoms with Crippen molar-refractivity contribution in [2.75, 3.05) is 0 Å². The van der Waals surface area contributed by atoms with Gasteiger partial charge in [0, 0.05) is 24.3 Å². The number of nitrogens with two attached hydrogens (primary N) is 2. The Morgan fingerprint density at radius 2 is 2.13 bits per heavy atom. The van der Waals surface area contributed by atoms with E-state index >= 15 is 0 Å². The van der Waals surface area contributed by atoms with Crippen molar-refractivity contribution in [2.45, 2.75) is 39.8 Å². The highest BCUT2D eigenvalue weighted by Crippen LogP contribution is 2.06. The third-order valence-electron chi connectivity index (χ3n) is 2.53. The molecule has 2 rings (SSSR count). The summed E-state index contributed by atoms with van der Waals surface area (Å²) in [7, 11) is 0. The van der Waals surface area contributed by atoms with Crippen molar-refractivity contribution in [3.05, 3.63) is 48.2 Å². The predicted molar refractivity (Wildman–Crippen MR) is 89.8 cm³/mol. The summed E-state index contributed by atoms with van der Waals surface area (Å²) >= 11 is 0. The normalized spacial score (nSPS) is 11.6. The quantitative estimate of drug-likeness (QED) is 0.506. The van der Waals surface area contributed by atoms with Crippen molar-refractivity contribution in [3.63, 3.8) is 0 Å². The maximum Gasteiger partial charge on any atom is 0.293 e. The first kappa shape index (κ1) is 18.5. The Labute approximate surface area is 136 Å². The number of pyridine rings is 1. The maximum atomic E-state index is 9.60. The molecule has 0 aliphatic rings. The number of fused-ring (bicyclic) bond motifs is 1. The van der Waals surface area contributed by atoms with E-state index in [1.807, 2.05) is 55.8 Å². The Balaban J connectivity index is 0.000000322. The molecule has 7 heteroatoms. The molecule has 0 fully saturated rings. The number of hydrogen-bond donors (Lipinski definition) is 2. The topological polar surface area (TPSA) is 98.9 Å². The van der Waals surface area contributed by atoms with Gasteiger partial charge in [-0.05, 0) is 39.8 Å². The van der Waals surface area contributed by atoms with Gasteiger partial charge in [0.1, 0.15) is 11.2 Å². The van der Waals surface area contributed by atoms with E-state index in [0.717, 1.165) is 11.3 Å². The molecule has 7 nitrogen and oxygen atoms in total. The third kappa shape index (κ3) is 7.32. The Bertz CT molecular complexity index is 621. The van der Waals surface area contributed by atoms with Gasteiger partial charge in [-0.1, -0.05) is 6.07 Å². The van der Waals surface area contributed by atoms with Gasteiger partial charge in [0.2, 0.25) is 0 Å². The van der Waals surface area contributed by atoms with Crippen LogP contribution < -0.4 is 11.6 Å². The molecule has 0 bridgehead atoms. The Morgan fingerprint density at radius 3 is 2.61 bits per heavy atom. The monoisotopic (exact) mass is 319 g/mol. The lowest BCUT2D eigenvalue weighted by Crippen LogP contribution is -2.25. The maximum absolute atomic E-state index is 9.60. The third-order valence-corrected chi connectivity index (χ3v) is 2.53. The minimum atomic E-state index is -0.318. The number of hydrazine groups is 1. The molecule has 2 aromatic rings. The molecule has 2 aromatic heterocycles. The summed E-state index contributed by atoms with van der Waals surface area (Å²) in [5.41, 5.74) is 7.72. The molecule has 0 aliphatic carbocycles. The van der Waals surface area contributed by atoms with E-state index in [4.69, 9.17) is 11.6 Å². The summed E-state index contributed by atoms with van der Waals surface area (Å²) in [4.78, 5) is 14.0. The lowest BCUT2D eigenvalue weighted by Gasteiger charge is -2.14. The highest BCUT2D eigenvalue weighted by Gasteiger charge is 2.07. The number of imidazole rings is 1. The Kier molecular flexibility index (Phi) is 6.59. The minimum Gasteiger partial charge on any atom is -0.462 e. The minimum absolute atomic E-state index is 0.318. The second-order valence-electron chi connectivity index (χ2n) is 6.07. The lowest BCUT2D eigenvalue weighted by atomic mass is 10.2. The molecule has 0 saturated heterocycles. The fourth-order valence-corrected chi connectivity index (χ4v) is 1.70. The first-order valence-corrected chi connectivity index (χ1v) is 7.20. The van der Waals surface area contributed by atoms with Crippen LogP contribution in [0.3, 0.4) is 0 Å². The highest BCUT2D eigenvalue weighted by molar-refractivity contribution is 5.39. The zero-order valence-corrected chi connectivity index (χ0v) is 14.1. The number of aromatic nitrogens is 2. The molecule has 0 radical (unpaired) electrons. The molecule has 126 valence electrons. The smallest absolute Gasteiger partial charge is 0.293 e. The summed E-state index contributed by atoms with van der Waals surface area (Å²) in [6.45, 7) is 8.25. The molecule has 0 atom stereocenters. The van der Waals surface area contributed by atoms with Gasteiger partial charge in [-0.25, -0.2) is 10.8 Å². The van der Waals surface area contributed by atoms with Crippen molar-refractivity contribution in [2.24, 2.45) is 11.6 Å². The summed E-state index contributed by atoms with van der Waals surface area (Å²) in [6.07, 6.45) is 5.59. The van der Waals surface area contributed by atoms with Crippen LogP contribution in [0, 0.1) is 0 Å². The van der Waals surface area contributed by atoms with E-state index in [1.165, 1.54) is 5.01 Å². The summed E-state index contributed by atoms with van der Waals surface area (Å²) < 4.78 is 6.51. The summed E-state index contributed by atoms with van der Waals surface area (Å²) in [5, 5.41) is 1.52. The number of carbonyl (C=O) groups is 1. The average molecular weight is 319 g/mol. The van der Waals surface area contributed by atoms with Gasteiger partial charge in [0.05, 0.1) is 12.2 Å². The molecule has 0 aromatic carbocycles. The van der Waals surface area contributed by atoms with Gasteiger partial charge in [-0.2, -0.15) is 0 Å². The number of hydrogen-bond acceptors (Lipinski definition) is 6. The predicted octanol–water partition coefficient (Wildman–Crippen LogP) is 1.79. The van der Waals surface area contributed by atoms with E-state index in [2.05, 4.69) is 9.72 Å². The molecule has 4 N–H and O–H groups in total. The van der Waals surface area contributed by atoms with E-state index in [9.17, 15) is 4.79 Å². The number of ether oxygens (including phenoxy) is 1. The van der Waals surface area contributed by atoms with Crippen LogP contribution in [0.2, 0.25) is 0 Å². The Morgan fingerprint density at radius 1 is 1.43 bits per heavy atom. The van der Waals surface area contributed by atoms with Crippen molar-refractivity contribution in [3.8, 4) is 0 Å². The second kappa shape index (κ2) is 8.19. The average Bonchev–Trinajstić information content (AvgIpc) is 2.78. The van der Waals surface area contributed by atoms with Gasteiger partial charge in [0.25, 0.3) is 6.47 Å². The van der Waals surface area contributed by atoms with Crippen LogP contribution in [0.4, 0.5) is 0 Å². The molecule has 2 heterocycles. The van der Waals surface area contributed by atoms with Crippen LogP contribution in [0.1, 0.15) is 33.4 Å². The van der Waals surface area contributed by atoms with E-state index in [0.29, 0.717) is 18.7 Å². The summed E-state index contributed by atoms with van der Waals surface area (Å²) in [6, 6.07) is 5.87. The van der Waals surface area contributed by atoms with Crippen LogP contribution in [0.5, 0.6) is 0 Å². The SMILES string of the molecule is C/C(N)=C/N(N)Cc1cn2ccccc2n1.CC(C)(C)OC=O. The van der Waals surface area contributed by atoms with Gasteiger partial charge in [-0.3, -0.25) is 4.79 Å². The molecule has 23 heavy (non-hydrogen) atoms. The molecule has 0 aliphatic heterocycles. The highest BCUT2D eigenvalue weighted by atomic mass is 16.5. The zero-order chi connectivity index (χ0) is 17.5. The molecule has 0 spiro atoms. The van der Waals surface area contributed by atoms with Crippen LogP contribution in [-0.4, -0.2) is 26.5 Å². The number of nitrogens with zero attached hydrogens (tertiary/aromatic N) is 3. The number of carbonyl (C=O) groups excluding carboxylic acids is 1. The fraction of sp³-hybridized carbons (Fsp3) is 0.375. The number of allylic oxidation sites excluding steroid dienone is 1. The van der Waals surface area contributed by atoms with E-state index in [1.54, 1.807) is 13.1 Å². The first-order chi connectivity index (χ1) is 10.7. The lowest BCUT2D eigenvalue weighted by molar-refractivity contribution is -0.138. The van der Waals surface area contributed by atoms with Crippen LogP contribution in [-0.2, 0) is 16.1 Å². The Hall–Kier alpha value is -2.54.